The maximum Gasteiger partial charge on any atom is 0.225 e. The fourth-order valence-electron chi connectivity index (χ4n) is 2.44. The molecule has 6 heteroatoms. The quantitative estimate of drug-likeness (QED) is 0.515. The number of hydrogen-bond acceptors (Lipinski definition) is 6. The van der Waals surface area contributed by atoms with Crippen LogP contribution in [-0.2, 0) is 0 Å². The lowest BCUT2D eigenvalue weighted by molar-refractivity contribution is 0.281. The van der Waals surface area contributed by atoms with Gasteiger partial charge in [-0.05, 0) is 50.2 Å². The SMILES string of the molecule is Cc1cc(Nc2ccc(Nc3ccccc3)cc2)nc(NC(C)CO)n1. The summed E-state index contributed by atoms with van der Waals surface area (Å²) in [5.41, 5.74) is 3.84. The van der Waals surface area contributed by atoms with Crippen LogP contribution in [0.3, 0.4) is 0 Å². The molecule has 0 saturated heterocycles. The van der Waals surface area contributed by atoms with Gasteiger partial charge in [0.2, 0.25) is 5.95 Å². The van der Waals surface area contributed by atoms with Crippen LogP contribution in [0.15, 0.2) is 60.7 Å². The molecule has 0 spiro atoms. The zero-order chi connectivity index (χ0) is 18.4. The third kappa shape index (κ3) is 4.94. The van der Waals surface area contributed by atoms with E-state index in [1.807, 2.05) is 74.5 Å². The van der Waals surface area contributed by atoms with Gasteiger partial charge in [0.25, 0.3) is 0 Å². The Balaban J connectivity index is 1.69. The average Bonchev–Trinajstić information content (AvgIpc) is 2.63. The summed E-state index contributed by atoms with van der Waals surface area (Å²) in [4.78, 5) is 8.79. The smallest absolute Gasteiger partial charge is 0.225 e. The number of rotatable bonds is 7. The van der Waals surface area contributed by atoms with E-state index in [2.05, 4.69) is 25.9 Å². The standard InChI is InChI=1S/C20H23N5O/c1-14-12-19(25-20(21-14)22-15(2)13-26)24-18-10-8-17(9-11-18)23-16-6-4-3-5-7-16/h3-12,15,23,26H,13H2,1-2H3,(H2,21,22,24,25). The van der Waals surface area contributed by atoms with Crippen molar-refractivity contribution in [3.63, 3.8) is 0 Å². The molecule has 0 fully saturated rings. The fourth-order valence-corrected chi connectivity index (χ4v) is 2.44. The summed E-state index contributed by atoms with van der Waals surface area (Å²) in [6, 6.07) is 19.8. The number of para-hydroxylation sites is 1. The highest BCUT2D eigenvalue weighted by molar-refractivity contribution is 5.65. The zero-order valence-electron chi connectivity index (χ0n) is 14.9. The van der Waals surface area contributed by atoms with Crippen molar-refractivity contribution in [1.29, 1.82) is 0 Å². The van der Waals surface area contributed by atoms with E-state index in [1.165, 1.54) is 0 Å². The minimum absolute atomic E-state index is 0.0238. The van der Waals surface area contributed by atoms with Crippen LogP contribution >= 0.6 is 0 Å². The molecule has 0 aliphatic carbocycles. The molecule has 0 saturated carbocycles. The first-order valence-electron chi connectivity index (χ1n) is 8.54. The molecule has 4 N–H and O–H groups in total. The molecule has 1 aromatic heterocycles. The Morgan fingerprint density at radius 3 is 2.15 bits per heavy atom. The van der Waals surface area contributed by atoms with Crippen LogP contribution in [0.2, 0.25) is 0 Å². The molecular formula is C20H23N5O. The van der Waals surface area contributed by atoms with E-state index in [0.29, 0.717) is 11.8 Å². The molecule has 0 aliphatic heterocycles. The van der Waals surface area contributed by atoms with Gasteiger partial charge in [-0.2, -0.15) is 4.98 Å². The summed E-state index contributed by atoms with van der Waals surface area (Å²) < 4.78 is 0. The number of nitrogens with one attached hydrogen (secondary N) is 3. The first-order valence-corrected chi connectivity index (χ1v) is 8.54. The maximum atomic E-state index is 9.16. The first kappa shape index (κ1) is 17.7. The van der Waals surface area contributed by atoms with Crippen molar-refractivity contribution in [2.45, 2.75) is 19.9 Å². The van der Waals surface area contributed by atoms with Gasteiger partial charge >= 0.3 is 0 Å². The van der Waals surface area contributed by atoms with Crippen molar-refractivity contribution >= 4 is 28.8 Å². The predicted octanol–water partition coefficient (Wildman–Crippen LogP) is 4.06. The molecule has 0 aliphatic rings. The van der Waals surface area contributed by atoms with Gasteiger partial charge in [-0.1, -0.05) is 18.2 Å². The Hall–Kier alpha value is -3.12. The lowest BCUT2D eigenvalue weighted by Gasteiger charge is -2.13. The number of aromatic nitrogens is 2. The fraction of sp³-hybridized carbons (Fsp3) is 0.200. The second-order valence-electron chi connectivity index (χ2n) is 6.14. The van der Waals surface area contributed by atoms with Crippen LogP contribution in [0, 0.1) is 6.92 Å². The van der Waals surface area contributed by atoms with Crippen LogP contribution in [0.5, 0.6) is 0 Å². The predicted molar refractivity (Wildman–Crippen MR) is 106 cm³/mol. The van der Waals surface area contributed by atoms with Crippen LogP contribution in [0.25, 0.3) is 0 Å². The summed E-state index contributed by atoms with van der Waals surface area (Å²) in [7, 11) is 0. The minimum atomic E-state index is -0.104. The Bertz CT molecular complexity index is 837. The average molecular weight is 349 g/mol. The second kappa shape index (κ2) is 8.31. The van der Waals surface area contributed by atoms with Gasteiger partial charge in [-0.15, -0.1) is 0 Å². The summed E-state index contributed by atoms with van der Waals surface area (Å²) in [5, 5.41) is 18.9. The molecule has 1 heterocycles. The van der Waals surface area contributed by atoms with Crippen molar-refractivity contribution in [2.75, 3.05) is 22.6 Å². The van der Waals surface area contributed by atoms with Gasteiger partial charge in [-0.25, -0.2) is 4.98 Å². The highest BCUT2D eigenvalue weighted by atomic mass is 16.3. The van der Waals surface area contributed by atoms with Crippen LogP contribution in [0.1, 0.15) is 12.6 Å². The molecule has 1 unspecified atom stereocenters. The van der Waals surface area contributed by atoms with E-state index in [-0.39, 0.29) is 12.6 Å². The molecular weight excluding hydrogens is 326 g/mol. The summed E-state index contributed by atoms with van der Waals surface area (Å²) in [5.74, 6) is 1.20. The van der Waals surface area contributed by atoms with Crippen molar-refractivity contribution in [2.24, 2.45) is 0 Å². The highest BCUT2D eigenvalue weighted by Gasteiger charge is 2.06. The first-order chi connectivity index (χ1) is 12.6. The Labute approximate surface area is 153 Å². The van der Waals surface area contributed by atoms with Gasteiger partial charge in [0, 0.05) is 34.9 Å². The minimum Gasteiger partial charge on any atom is -0.394 e. The number of aliphatic hydroxyl groups excluding tert-OH is 1. The van der Waals surface area contributed by atoms with E-state index >= 15 is 0 Å². The number of benzene rings is 2. The third-order valence-electron chi connectivity index (χ3n) is 3.72. The van der Waals surface area contributed by atoms with E-state index in [9.17, 15) is 0 Å². The molecule has 2 aromatic carbocycles. The summed E-state index contributed by atoms with van der Waals surface area (Å²) in [6.45, 7) is 3.81. The Kier molecular flexibility index (Phi) is 5.66. The van der Waals surface area contributed by atoms with E-state index in [1.54, 1.807) is 0 Å². The van der Waals surface area contributed by atoms with Gasteiger partial charge in [-0.3, -0.25) is 0 Å². The number of hydrogen-bond donors (Lipinski definition) is 4. The maximum absolute atomic E-state index is 9.16. The molecule has 0 radical (unpaired) electrons. The van der Waals surface area contributed by atoms with Crippen LogP contribution in [0.4, 0.5) is 28.8 Å². The largest absolute Gasteiger partial charge is 0.394 e. The number of aliphatic hydroxyl groups is 1. The normalized spacial score (nSPS) is 11.7. The van der Waals surface area contributed by atoms with Gasteiger partial charge in [0.15, 0.2) is 0 Å². The molecule has 26 heavy (non-hydrogen) atoms. The topological polar surface area (TPSA) is 82.1 Å². The van der Waals surface area contributed by atoms with Gasteiger partial charge in [0.05, 0.1) is 6.61 Å². The van der Waals surface area contributed by atoms with E-state index in [4.69, 9.17) is 5.11 Å². The van der Waals surface area contributed by atoms with Crippen molar-refractivity contribution in [1.82, 2.24) is 9.97 Å². The third-order valence-corrected chi connectivity index (χ3v) is 3.72. The van der Waals surface area contributed by atoms with E-state index < -0.39 is 0 Å². The summed E-state index contributed by atoms with van der Waals surface area (Å²) >= 11 is 0. The number of aryl methyl sites for hydroxylation is 1. The molecule has 134 valence electrons. The lowest BCUT2D eigenvalue weighted by Crippen LogP contribution is -2.21. The Morgan fingerprint density at radius 2 is 1.50 bits per heavy atom. The van der Waals surface area contributed by atoms with Crippen LogP contribution in [-0.4, -0.2) is 27.7 Å². The van der Waals surface area contributed by atoms with Crippen molar-refractivity contribution in [3.8, 4) is 0 Å². The van der Waals surface area contributed by atoms with Gasteiger partial charge < -0.3 is 21.1 Å². The summed E-state index contributed by atoms with van der Waals surface area (Å²) in [6.07, 6.45) is 0. The monoisotopic (exact) mass is 349 g/mol. The zero-order valence-corrected chi connectivity index (χ0v) is 14.9. The number of anilines is 5. The molecule has 6 nitrogen and oxygen atoms in total. The number of nitrogens with zero attached hydrogens (tertiary/aromatic N) is 2. The van der Waals surface area contributed by atoms with Gasteiger partial charge in [0.1, 0.15) is 5.82 Å². The molecule has 0 amide bonds. The second-order valence-corrected chi connectivity index (χ2v) is 6.14. The molecule has 1 atom stereocenters. The van der Waals surface area contributed by atoms with Crippen molar-refractivity contribution in [3.05, 3.63) is 66.4 Å². The lowest BCUT2D eigenvalue weighted by atomic mass is 10.2. The molecule has 3 rings (SSSR count). The van der Waals surface area contributed by atoms with E-state index in [0.717, 1.165) is 22.8 Å². The molecule has 3 aromatic rings. The van der Waals surface area contributed by atoms with Crippen molar-refractivity contribution < 1.29 is 5.11 Å². The van der Waals surface area contributed by atoms with Crippen LogP contribution < -0.4 is 16.0 Å². The highest BCUT2D eigenvalue weighted by Crippen LogP contribution is 2.21. The Morgan fingerprint density at radius 1 is 0.885 bits per heavy atom. The molecule has 0 bridgehead atoms.